The molecule has 3 aromatic rings. The van der Waals surface area contributed by atoms with Gasteiger partial charge in [-0.3, -0.25) is 15.2 Å². The van der Waals surface area contributed by atoms with E-state index in [1.54, 1.807) is 6.20 Å². The summed E-state index contributed by atoms with van der Waals surface area (Å²) in [4.78, 5) is 16.0. The van der Waals surface area contributed by atoms with Gasteiger partial charge in [-0.2, -0.15) is 0 Å². The number of hydrazine groups is 1. The number of halogens is 1. The quantitative estimate of drug-likeness (QED) is 0.761. The molecule has 1 unspecified atom stereocenters. The van der Waals surface area contributed by atoms with E-state index in [1.807, 2.05) is 36.5 Å². The summed E-state index contributed by atoms with van der Waals surface area (Å²) >= 11 is 6.01. The fraction of sp³-hybridized carbons (Fsp3) is 0.176. The molecule has 0 bridgehead atoms. The number of nitrogens with zero attached hydrogens (tertiary/aromatic N) is 2. The maximum atomic E-state index is 11.7. The van der Waals surface area contributed by atoms with Crippen molar-refractivity contribution in [2.24, 2.45) is 0 Å². The van der Waals surface area contributed by atoms with Gasteiger partial charge < -0.3 is 4.57 Å². The van der Waals surface area contributed by atoms with E-state index in [9.17, 15) is 4.79 Å². The van der Waals surface area contributed by atoms with Gasteiger partial charge in [0, 0.05) is 46.9 Å². The van der Waals surface area contributed by atoms with Crippen molar-refractivity contribution in [3.63, 3.8) is 0 Å². The predicted molar refractivity (Wildman–Crippen MR) is 89.6 cm³/mol. The van der Waals surface area contributed by atoms with Crippen molar-refractivity contribution in [2.75, 3.05) is 6.54 Å². The van der Waals surface area contributed by atoms with Crippen LogP contribution < -0.4 is 10.9 Å². The third-order valence-electron chi connectivity index (χ3n) is 4.15. The van der Waals surface area contributed by atoms with Crippen LogP contribution >= 0.6 is 11.6 Å². The zero-order valence-electron chi connectivity index (χ0n) is 12.3. The molecule has 1 amide bonds. The van der Waals surface area contributed by atoms with Crippen molar-refractivity contribution < 1.29 is 4.79 Å². The minimum atomic E-state index is 0.00675. The van der Waals surface area contributed by atoms with Gasteiger partial charge in [0.2, 0.25) is 5.91 Å². The Bertz CT molecular complexity index is 872. The Labute approximate surface area is 138 Å². The van der Waals surface area contributed by atoms with Crippen molar-refractivity contribution in [3.8, 4) is 5.69 Å². The number of amides is 1. The summed E-state index contributed by atoms with van der Waals surface area (Å²) in [6.45, 7) is 0.698. The minimum absolute atomic E-state index is 0.00675. The fourth-order valence-electron chi connectivity index (χ4n) is 3.08. The van der Waals surface area contributed by atoms with E-state index < -0.39 is 0 Å². The summed E-state index contributed by atoms with van der Waals surface area (Å²) in [7, 11) is 0. The molecule has 0 radical (unpaired) electrons. The van der Waals surface area contributed by atoms with Gasteiger partial charge >= 0.3 is 0 Å². The van der Waals surface area contributed by atoms with Crippen LogP contribution in [0.15, 0.2) is 48.8 Å². The van der Waals surface area contributed by atoms with E-state index in [2.05, 4.69) is 26.5 Å². The third kappa shape index (κ3) is 2.58. The van der Waals surface area contributed by atoms with Crippen LogP contribution in [0.5, 0.6) is 0 Å². The topological polar surface area (TPSA) is 59.0 Å². The van der Waals surface area contributed by atoms with Crippen LogP contribution in [-0.4, -0.2) is 22.0 Å². The molecule has 1 fully saturated rings. The largest absolute Gasteiger partial charge is 0.312 e. The second kappa shape index (κ2) is 5.68. The van der Waals surface area contributed by atoms with E-state index >= 15 is 0 Å². The molecular weight excluding hydrogens is 312 g/mol. The van der Waals surface area contributed by atoms with Gasteiger partial charge in [-0.1, -0.05) is 11.6 Å². The zero-order valence-corrected chi connectivity index (χ0v) is 13.0. The van der Waals surface area contributed by atoms with Gasteiger partial charge in [0.15, 0.2) is 0 Å². The SMILES string of the molecule is O=C1CC(c2cc3ccncc3n2-c2ccc(Cl)cc2)CNN1. The van der Waals surface area contributed by atoms with Crippen LogP contribution in [0.4, 0.5) is 0 Å². The molecule has 4 rings (SSSR count). The van der Waals surface area contributed by atoms with Crippen LogP contribution in [-0.2, 0) is 4.79 Å². The third-order valence-corrected chi connectivity index (χ3v) is 4.40. The molecule has 1 aliphatic heterocycles. The highest BCUT2D eigenvalue weighted by Crippen LogP contribution is 2.31. The number of fused-ring (bicyclic) bond motifs is 1. The first-order chi connectivity index (χ1) is 11.2. The summed E-state index contributed by atoms with van der Waals surface area (Å²) in [6.07, 6.45) is 4.10. The van der Waals surface area contributed by atoms with E-state index in [1.165, 1.54) is 0 Å². The summed E-state index contributed by atoms with van der Waals surface area (Å²) < 4.78 is 2.16. The molecule has 1 aromatic carbocycles. The summed E-state index contributed by atoms with van der Waals surface area (Å²) in [6, 6.07) is 11.8. The zero-order chi connectivity index (χ0) is 15.8. The molecule has 23 heavy (non-hydrogen) atoms. The molecule has 116 valence electrons. The Kier molecular flexibility index (Phi) is 3.52. The van der Waals surface area contributed by atoms with Gasteiger partial charge in [-0.05, 0) is 36.4 Å². The van der Waals surface area contributed by atoms with Crippen LogP contribution in [0, 0.1) is 0 Å². The minimum Gasteiger partial charge on any atom is -0.312 e. The molecule has 6 heteroatoms. The second-order valence-corrected chi connectivity index (χ2v) is 6.08. The van der Waals surface area contributed by atoms with E-state index in [4.69, 9.17) is 11.6 Å². The first-order valence-electron chi connectivity index (χ1n) is 7.45. The Morgan fingerprint density at radius 1 is 1.22 bits per heavy atom. The molecule has 2 aromatic heterocycles. The van der Waals surface area contributed by atoms with E-state index in [0.29, 0.717) is 18.0 Å². The monoisotopic (exact) mass is 326 g/mol. The average Bonchev–Trinajstić information content (AvgIpc) is 2.95. The second-order valence-electron chi connectivity index (χ2n) is 5.65. The molecule has 0 spiro atoms. The molecule has 5 nitrogen and oxygen atoms in total. The van der Waals surface area contributed by atoms with Crippen molar-refractivity contribution >= 4 is 28.4 Å². The van der Waals surface area contributed by atoms with Crippen LogP contribution in [0.2, 0.25) is 5.02 Å². The summed E-state index contributed by atoms with van der Waals surface area (Å²) in [5, 5.41) is 1.81. The predicted octanol–water partition coefficient (Wildman–Crippen LogP) is 2.79. The van der Waals surface area contributed by atoms with Gasteiger partial charge in [0.25, 0.3) is 0 Å². The standard InChI is InChI=1S/C17H15ClN4O/c18-13-1-3-14(4-2-13)22-15(12-8-17(23)21-20-9-12)7-11-5-6-19-10-16(11)22/h1-7,10,12,20H,8-9H2,(H,21,23). The highest BCUT2D eigenvalue weighted by Gasteiger charge is 2.25. The van der Waals surface area contributed by atoms with Gasteiger partial charge in [0.1, 0.15) is 0 Å². The number of carbonyl (C=O) groups excluding carboxylic acids is 1. The van der Waals surface area contributed by atoms with Crippen LogP contribution in [0.1, 0.15) is 18.0 Å². The molecule has 0 aliphatic carbocycles. The van der Waals surface area contributed by atoms with Crippen molar-refractivity contribution in [1.29, 1.82) is 0 Å². The average molecular weight is 327 g/mol. The number of nitrogens with one attached hydrogen (secondary N) is 2. The molecule has 1 atom stereocenters. The molecule has 3 heterocycles. The number of aromatic nitrogens is 2. The lowest BCUT2D eigenvalue weighted by Crippen LogP contribution is -2.46. The van der Waals surface area contributed by atoms with Crippen LogP contribution in [0.25, 0.3) is 16.6 Å². The Hall–Kier alpha value is -2.37. The number of hydrogen-bond donors (Lipinski definition) is 2. The van der Waals surface area contributed by atoms with Crippen LogP contribution in [0.3, 0.4) is 0 Å². The van der Waals surface area contributed by atoms with E-state index in [-0.39, 0.29) is 11.8 Å². The lowest BCUT2D eigenvalue weighted by atomic mass is 9.99. The maximum Gasteiger partial charge on any atom is 0.234 e. The molecule has 0 saturated carbocycles. The van der Waals surface area contributed by atoms with Gasteiger partial charge in [-0.15, -0.1) is 0 Å². The number of hydrogen-bond acceptors (Lipinski definition) is 3. The van der Waals surface area contributed by atoms with Gasteiger partial charge in [-0.25, -0.2) is 5.43 Å². The number of rotatable bonds is 2. The number of pyridine rings is 1. The fourth-order valence-corrected chi connectivity index (χ4v) is 3.20. The normalized spacial score (nSPS) is 18.1. The highest BCUT2D eigenvalue weighted by molar-refractivity contribution is 6.30. The van der Waals surface area contributed by atoms with Crippen molar-refractivity contribution in [3.05, 3.63) is 59.5 Å². The molecular formula is C17H15ClN4O. The highest BCUT2D eigenvalue weighted by atomic mass is 35.5. The molecule has 2 N–H and O–H groups in total. The molecule has 1 saturated heterocycles. The van der Waals surface area contributed by atoms with Gasteiger partial charge in [0.05, 0.1) is 11.7 Å². The van der Waals surface area contributed by atoms with Crippen molar-refractivity contribution in [1.82, 2.24) is 20.4 Å². The summed E-state index contributed by atoms with van der Waals surface area (Å²) in [5.41, 5.74) is 8.75. The smallest absolute Gasteiger partial charge is 0.234 e. The lowest BCUT2D eigenvalue weighted by Gasteiger charge is -2.24. The van der Waals surface area contributed by atoms with E-state index in [0.717, 1.165) is 22.3 Å². The first-order valence-corrected chi connectivity index (χ1v) is 7.83. The summed E-state index contributed by atoms with van der Waals surface area (Å²) in [5.74, 6) is 0.110. The lowest BCUT2D eigenvalue weighted by molar-refractivity contribution is -0.123. The van der Waals surface area contributed by atoms with Crippen molar-refractivity contribution in [2.45, 2.75) is 12.3 Å². The Balaban J connectivity index is 1.91. The molecule has 1 aliphatic rings. The number of benzene rings is 1. The first kappa shape index (κ1) is 14.2. The Morgan fingerprint density at radius 2 is 2.04 bits per heavy atom. The maximum absolute atomic E-state index is 11.7. The number of carbonyl (C=O) groups is 1. The Morgan fingerprint density at radius 3 is 2.83 bits per heavy atom.